The minimum atomic E-state index is -0.0709. The number of carbonyl (C=O) groups excluding carboxylic acids is 1. The number of hydrogen-bond acceptors (Lipinski definition) is 2. The van der Waals surface area contributed by atoms with E-state index in [2.05, 4.69) is 12.2 Å². The first-order chi connectivity index (χ1) is 8.69. The molecule has 0 heterocycles. The maximum absolute atomic E-state index is 11.9. The lowest BCUT2D eigenvalue weighted by molar-refractivity contribution is 0.0935. The number of benzene rings is 1. The first-order valence-corrected chi connectivity index (χ1v) is 6.63. The van der Waals surface area contributed by atoms with Gasteiger partial charge in [-0.15, -0.1) is 0 Å². The Labute approximate surface area is 111 Å². The Morgan fingerprint density at radius 2 is 1.94 bits per heavy atom. The predicted molar refractivity (Wildman–Crippen MR) is 76.2 cm³/mol. The van der Waals surface area contributed by atoms with Gasteiger partial charge in [0.1, 0.15) is 5.75 Å². The molecule has 3 nitrogen and oxygen atoms in total. The highest BCUT2D eigenvalue weighted by Gasteiger charge is 2.13. The number of nitrogens with one attached hydrogen (secondary N) is 1. The third kappa shape index (κ3) is 5.21. The molecule has 0 saturated carbocycles. The number of para-hydroxylation sites is 1. The maximum atomic E-state index is 11.9. The first kappa shape index (κ1) is 16.5. The van der Waals surface area contributed by atoms with Gasteiger partial charge in [0.25, 0.3) is 5.91 Å². The van der Waals surface area contributed by atoms with Crippen LogP contribution in [-0.4, -0.2) is 19.1 Å². The molecular weight excluding hydrogens is 226 g/mol. The van der Waals surface area contributed by atoms with E-state index in [1.807, 2.05) is 32.9 Å². The highest BCUT2D eigenvalue weighted by molar-refractivity contribution is 5.97. The van der Waals surface area contributed by atoms with Crippen LogP contribution in [0.1, 0.15) is 50.9 Å². The number of ether oxygens (including phenoxy) is 1. The van der Waals surface area contributed by atoms with Crippen molar-refractivity contribution in [2.24, 2.45) is 0 Å². The van der Waals surface area contributed by atoms with Crippen LogP contribution in [-0.2, 0) is 0 Å². The van der Waals surface area contributed by atoms with E-state index in [4.69, 9.17) is 4.74 Å². The van der Waals surface area contributed by atoms with Crippen LogP contribution in [0.15, 0.2) is 24.3 Å². The molecule has 1 aromatic rings. The summed E-state index contributed by atoms with van der Waals surface area (Å²) < 4.78 is 5.15. The highest BCUT2D eigenvalue weighted by atomic mass is 16.5. The second kappa shape index (κ2) is 9.51. The van der Waals surface area contributed by atoms with Gasteiger partial charge in [0.05, 0.1) is 12.7 Å². The molecule has 1 amide bonds. The minimum absolute atomic E-state index is 0.0709. The number of methoxy groups -OCH3 is 1. The molecule has 0 fully saturated rings. The van der Waals surface area contributed by atoms with Crippen LogP contribution in [0.2, 0.25) is 0 Å². The first-order valence-electron chi connectivity index (χ1n) is 6.63. The Balaban J connectivity index is 0.00000137. The summed E-state index contributed by atoms with van der Waals surface area (Å²) in [6.07, 6.45) is 2.05. The molecule has 0 spiro atoms. The lowest BCUT2D eigenvalue weighted by Gasteiger charge is -2.14. The van der Waals surface area contributed by atoms with E-state index in [1.165, 1.54) is 0 Å². The van der Waals surface area contributed by atoms with Crippen molar-refractivity contribution in [3.63, 3.8) is 0 Å². The summed E-state index contributed by atoms with van der Waals surface area (Å²) in [4.78, 5) is 11.9. The Morgan fingerprint density at radius 1 is 1.33 bits per heavy atom. The second-order valence-corrected chi connectivity index (χ2v) is 3.86. The van der Waals surface area contributed by atoms with Gasteiger partial charge in [0, 0.05) is 6.04 Å². The molecule has 1 rings (SSSR count). The van der Waals surface area contributed by atoms with Crippen LogP contribution >= 0.6 is 0 Å². The van der Waals surface area contributed by atoms with Gasteiger partial charge in [-0.1, -0.05) is 39.3 Å². The molecule has 0 saturated heterocycles. The standard InChI is InChI=1S/C13H19NO2.C2H6/c1-4-7-10(2)14-13(15)11-8-5-6-9-12(11)16-3;1-2/h5-6,8-10H,4,7H2,1-3H3,(H,14,15);1-2H3. The minimum Gasteiger partial charge on any atom is -0.496 e. The lowest BCUT2D eigenvalue weighted by Crippen LogP contribution is -2.32. The van der Waals surface area contributed by atoms with Gasteiger partial charge in [0.15, 0.2) is 0 Å². The van der Waals surface area contributed by atoms with E-state index in [0.717, 1.165) is 12.8 Å². The van der Waals surface area contributed by atoms with Crippen LogP contribution in [0.25, 0.3) is 0 Å². The monoisotopic (exact) mass is 251 g/mol. The Hall–Kier alpha value is -1.51. The van der Waals surface area contributed by atoms with Crippen molar-refractivity contribution in [2.75, 3.05) is 7.11 Å². The van der Waals surface area contributed by atoms with Crippen LogP contribution < -0.4 is 10.1 Å². The lowest BCUT2D eigenvalue weighted by atomic mass is 10.1. The van der Waals surface area contributed by atoms with E-state index < -0.39 is 0 Å². The zero-order valence-corrected chi connectivity index (χ0v) is 12.1. The number of hydrogen-bond donors (Lipinski definition) is 1. The molecule has 0 bridgehead atoms. The van der Waals surface area contributed by atoms with E-state index in [0.29, 0.717) is 11.3 Å². The summed E-state index contributed by atoms with van der Waals surface area (Å²) in [6, 6.07) is 7.45. The zero-order chi connectivity index (χ0) is 14.0. The van der Waals surface area contributed by atoms with Crippen LogP contribution in [0, 0.1) is 0 Å². The van der Waals surface area contributed by atoms with E-state index in [-0.39, 0.29) is 11.9 Å². The Bertz CT molecular complexity index is 350. The van der Waals surface area contributed by atoms with E-state index in [1.54, 1.807) is 19.2 Å². The van der Waals surface area contributed by atoms with Crippen molar-refractivity contribution >= 4 is 5.91 Å². The fourth-order valence-electron chi connectivity index (χ4n) is 1.64. The summed E-state index contributed by atoms with van der Waals surface area (Å²) >= 11 is 0. The van der Waals surface area contributed by atoms with Crippen molar-refractivity contribution in [1.29, 1.82) is 0 Å². The van der Waals surface area contributed by atoms with Crippen LogP contribution in [0.4, 0.5) is 0 Å². The number of carbonyl (C=O) groups is 1. The molecular formula is C15H25NO2. The fourth-order valence-corrected chi connectivity index (χ4v) is 1.64. The Kier molecular flexibility index (Phi) is 8.71. The predicted octanol–water partition coefficient (Wildman–Crippen LogP) is 3.64. The molecule has 0 aliphatic carbocycles. The van der Waals surface area contributed by atoms with Gasteiger partial charge in [-0.05, 0) is 25.5 Å². The average molecular weight is 251 g/mol. The van der Waals surface area contributed by atoms with Crippen LogP contribution in [0.3, 0.4) is 0 Å². The van der Waals surface area contributed by atoms with Gasteiger partial charge >= 0.3 is 0 Å². The normalized spacial score (nSPS) is 10.9. The maximum Gasteiger partial charge on any atom is 0.255 e. The third-order valence-electron chi connectivity index (χ3n) is 2.45. The molecule has 0 aliphatic heterocycles. The molecule has 18 heavy (non-hydrogen) atoms. The van der Waals surface area contributed by atoms with Gasteiger partial charge in [0.2, 0.25) is 0 Å². The SMILES string of the molecule is CC.CCCC(C)NC(=O)c1ccccc1OC. The zero-order valence-electron chi connectivity index (χ0n) is 12.1. The smallest absolute Gasteiger partial charge is 0.255 e. The molecule has 102 valence electrons. The summed E-state index contributed by atoms with van der Waals surface area (Å²) in [5, 5.41) is 2.95. The molecule has 1 unspecified atom stereocenters. The number of rotatable bonds is 5. The Morgan fingerprint density at radius 3 is 2.50 bits per heavy atom. The fraction of sp³-hybridized carbons (Fsp3) is 0.533. The van der Waals surface area contributed by atoms with Crippen molar-refractivity contribution in [1.82, 2.24) is 5.32 Å². The van der Waals surface area contributed by atoms with Crippen molar-refractivity contribution in [2.45, 2.75) is 46.6 Å². The molecule has 0 radical (unpaired) electrons. The number of amides is 1. The van der Waals surface area contributed by atoms with Crippen molar-refractivity contribution < 1.29 is 9.53 Å². The van der Waals surface area contributed by atoms with E-state index in [9.17, 15) is 4.79 Å². The summed E-state index contributed by atoms with van der Waals surface area (Å²) in [5.41, 5.74) is 0.591. The summed E-state index contributed by atoms with van der Waals surface area (Å²) in [7, 11) is 1.57. The van der Waals surface area contributed by atoms with Crippen molar-refractivity contribution in [3.05, 3.63) is 29.8 Å². The molecule has 1 atom stereocenters. The molecule has 1 N–H and O–H groups in total. The average Bonchev–Trinajstić information content (AvgIpc) is 2.41. The van der Waals surface area contributed by atoms with Crippen LogP contribution in [0.5, 0.6) is 5.75 Å². The quantitative estimate of drug-likeness (QED) is 0.867. The largest absolute Gasteiger partial charge is 0.496 e. The van der Waals surface area contributed by atoms with Crippen molar-refractivity contribution in [3.8, 4) is 5.75 Å². The molecule has 3 heteroatoms. The molecule has 1 aromatic carbocycles. The summed E-state index contributed by atoms with van der Waals surface area (Å²) in [6.45, 7) is 8.11. The molecule has 0 aromatic heterocycles. The van der Waals surface area contributed by atoms with Gasteiger partial charge in [-0.25, -0.2) is 0 Å². The third-order valence-corrected chi connectivity index (χ3v) is 2.45. The summed E-state index contributed by atoms with van der Waals surface area (Å²) in [5.74, 6) is 0.544. The molecule has 0 aliphatic rings. The highest BCUT2D eigenvalue weighted by Crippen LogP contribution is 2.17. The van der Waals surface area contributed by atoms with Gasteiger partial charge < -0.3 is 10.1 Å². The second-order valence-electron chi connectivity index (χ2n) is 3.86. The topological polar surface area (TPSA) is 38.3 Å². The van der Waals surface area contributed by atoms with Gasteiger partial charge in [-0.2, -0.15) is 0 Å². The van der Waals surface area contributed by atoms with E-state index >= 15 is 0 Å². The van der Waals surface area contributed by atoms with Gasteiger partial charge in [-0.3, -0.25) is 4.79 Å².